The molecule has 0 bridgehead atoms. The summed E-state index contributed by atoms with van der Waals surface area (Å²) in [5.74, 6) is 0. The molecule has 17 heteroatoms. The van der Waals surface area contributed by atoms with Crippen molar-refractivity contribution in [1.29, 1.82) is 0 Å². The van der Waals surface area contributed by atoms with Crippen LogP contribution in [0.25, 0.3) is 0 Å². The van der Waals surface area contributed by atoms with E-state index in [1.54, 1.807) is 6.20 Å². The van der Waals surface area contributed by atoms with Crippen LogP contribution in [0, 0.1) is 5.41 Å². The zero-order chi connectivity index (χ0) is 23.5. The Bertz CT molecular complexity index is 749. The van der Waals surface area contributed by atoms with E-state index in [1.807, 2.05) is 30.5 Å². The number of rotatable bonds is 2. The molecule has 1 aliphatic rings. The fourth-order valence-electron chi connectivity index (χ4n) is 1.59. The van der Waals surface area contributed by atoms with Gasteiger partial charge in [-0.15, -0.1) is 6.58 Å². The van der Waals surface area contributed by atoms with Gasteiger partial charge in [0.15, 0.2) is 0 Å². The van der Waals surface area contributed by atoms with Gasteiger partial charge in [0.1, 0.15) is 0 Å². The maximum absolute atomic E-state index is 10.7. The third kappa shape index (κ3) is 26.9. The summed E-state index contributed by atoms with van der Waals surface area (Å²) in [5.41, 5.74) is 1.99. The summed E-state index contributed by atoms with van der Waals surface area (Å²) >= 11 is 0. The van der Waals surface area contributed by atoms with E-state index in [9.17, 15) is 50.4 Å². The van der Waals surface area contributed by atoms with Crippen molar-refractivity contribution < 1.29 is 69.8 Å². The van der Waals surface area contributed by atoms with E-state index in [0.717, 1.165) is 17.8 Å². The number of allylic oxidation sites excluding steroid dienone is 2. The monoisotopic (exact) mass is 590 g/mol. The molecular weight excluding hydrogens is 575 g/mol. The molecule has 1 aromatic rings. The molecular formula is C13H14F12N2P2Ru. The van der Waals surface area contributed by atoms with Crippen LogP contribution in [0.1, 0.15) is 19.0 Å². The molecule has 2 heterocycles. The largest absolute Gasteiger partial charge is 2.00 e. The van der Waals surface area contributed by atoms with Crippen LogP contribution >= 0.6 is 15.6 Å². The van der Waals surface area contributed by atoms with Gasteiger partial charge in [0.05, 0.1) is 11.4 Å². The van der Waals surface area contributed by atoms with Crippen molar-refractivity contribution in [2.45, 2.75) is 13.3 Å². The summed E-state index contributed by atoms with van der Waals surface area (Å²) in [6.07, 6.45) is 8.54. The Morgan fingerprint density at radius 3 is 1.67 bits per heavy atom. The molecule has 0 saturated heterocycles. The van der Waals surface area contributed by atoms with E-state index in [2.05, 4.69) is 29.6 Å². The topological polar surface area (TPSA) is 25.2 Å². The summed E-state index contributed by atoms with van der Waals surface area (Å²) in [7, 11) is -21.3. The van der Waals surface area contributed by atoms with Crippen LogP contribution in [0.5, 0.6) is 0 Å². The van der Waals surface area contributed by atoms with E-state index < -0.39 is 15.6 Å². The minimum absolute atomic E-state index is 0. The first kappa shape index (κ1) is 31.1. The third-order valence-corrected chi connectivity index (χ3v) is 2.66. The number of hydrogen-bond donors (Lipinski definition) is 0. The van der Waals surface area contributed by atoms with Crippen molar-refractivity contribution in [3.05, 3.63) is 55.0 Å². The van der Waals surface area contributed by atoms with E-state index in [0.29, 0.717) is 0 Å². The molecule has 1 aromatic heterocycles. The molecule has 0 spiro atoms. The van der Waals surface area contributed by atoms with Gasteiger partial charge in [-0.25, -0.2) is 0 Å². The summed E-state index contributed by atoms with van der Waals surface area (Å²) in [6, 6.07) is 5.88. The van der Waals surface area contributed by atoms with Gasteiger partial charge in [0.2, 0.25) is 0 Å². The molecule has 1 unspecified atom stereocenters. The van der Waals surface area contributed by atoms with Crippen molar-refractivity contribution >= 4 is 21.3 Å². The average molecular weight is 589 g/mol. The van der Waals surface area contributed by atoms with Crippen molar-refractivity contribution in [3.63, 3.8) is 0 Å². The first-order valence-electron chi connectivity index (χ1n) is 7.06. The molecule has 0 N–H and O–H groups in total. The average Bonchev–Trinajstić information content (AvgIpc) is 2.42. The van der Waals surface area contributed by atoms with Crippen molar-refractivity contribution in [2.24, 2.45) is 10.4 Å². The summed E-state index contributed by atoms with van der Waals surface area (Å²) in [6.45, 7) is 6.00. The number of hydrogen-bond acceptors (Lipinski definition) is 2. The number of pyridine rings is 1. The molecule has 2 nitrogen and oxygen atoms in total. The minimum atomic E-state index is -10.7. The second-order valence-electron chi connectivity index (χ2n) is 5.91. The van der Waals surface area contributed by atoms with E-state index in [1.165, 1.54) is 0 Å². The van der Waals surface area contributed by atoms with Crippen molar-refractivity contribution in [1.82, 2.24) is 4.98 Å². The first-order valence-corrected chi connectivity index (χ1v) is 11.1. The maximum Gasteiger partial charge on any atom is 2.00 e. The second-order valence-corrected chi connectivity index (χ2v) is 9.74. The van der Waals surface area contributed by atoms with Crippen LogP contribution in [0.3, 0.4) is 0 Å². The predicted octanol–water partition coefficient (Wildman–Crippen LogP) is 9.74. The Labute approximate surface area is 175 Å². The fraction of sp³-hybridized carbons (Fsp3) is 0.231. The van der Waals surface area contributed by atoms with Crippen molar-refractivity contribution in [3.8, 4) is 0 Å². The fourth-order valence-corrected chi connectivity index (χ4v) is 1.59. The SMILES string of the molecule is C=CC1(C)C=CN=C(c2ccccn2)C1.F[P-](F)(F)(F)(F)F.F[P-](F)(F)(F)(F)F.[Ru+2]. The van der Waals surface area contributed by atoms with E-state index >= 15 is 0 Å². The van der Waals surface area contributed by atoms with Gasteiger partial charge < -0.3 is 0 Å². The van der Waals surface area contributed by atoms with Crippen LogP contribution < -0.4 is 0 Å². The van der Waals surface area contributed by atoms with Gasteiger partial charge in [-0.3, -0.25) is 9.98 Å². The molecule has 30 heavy (non-hydrogen) atoms. The molecule has 0 fully saturated rings. The molecule has 178 valence electrons. The Morgan fingerprint density at radius 1 is 0.900 bits per heavy atom. The van der Waals surface area contributed by atoms with Crippen LogP contribution in [0.2, 0.25) is 0 Å². The van der Waals surface area contributed by atoms with E-state index in [-0.39, 0.29) is 24.9 Å². The quantitative estimate of drug-likeness (QED) is 0.146. The van der Waals surface area contributed by atoms with Gasteiger partial charge in [-0.2, -0.15) is 0 Å². The molecule has 0 amide bonds. The molecule has 0 aliphatic carbocycles. The molecule has 1 aliphatic heterocycles. The first-order chi connectivity index (χ1) is 12.1. The Hall–Kier alpha value is -1.06. The molecule has 0 radical (unpaired) electrons. The zero-order valence-electron chi connectivity index (χ0n) is 14.6. The summed E-state index contributed by atoms with van der Waals surface area (Å²) in [5, 5.41) is 0. The normalized spacial score (nSPS) is 23.2. The van der Waals surface area contributed by atoms with Crippen LogP contribution in [-0.2, 0) is 19.5 Å². The van der Waals surface area contributed by atoms with Gasteiger partial charge in [-0.05, 0) is 12.1 Å². The smallest absolute Gasteiger partial charge is 2.00 e. The maximum atomic E-state index is 9.87. The summed E-state index contributed by atoms with van der Waals surface area (Å²) in [4.78, 5) is 8.67. The van der Waals surface area contributed by atoms with Gasteiger partial charge >= 0.3 is 85.5 Å². The number of aliphatic imine (C=N–C) groups is 1. The van der Waals surface area contributed by atoms with E-state index in [4.69, 9.17) is 0 Å². The molecule has 0 aromatic carbocycles. The van der Waals surface area contributed by atoms with Gasteiger partial charge in [-0.1, -0.05) is 25.1 Å². The zero-order valence-corrected chi connectivity index (χ0v) is 18.2. The van der Waals surface area contributed by atoms with Crippen LogP contribution in [-0.4, -0.2) is 10.7 Å². The molecule has 0 saturated carbocycles. The Balaban J connectivity index is 0. The van der Waals surface area contributed by atoms with Gasteiger partial charge in [0.25, 0.3) is 0 Å². The number of nitrogens with zero attached hydrogens (tertiary/aromatic N) is 2. The number of aromatic nitrogens is 1. The standard InChI is InChI=1S/C13H14N2.2F6P.Ru/c1-3-13(2)7-9-15-12(10-13)11-6-4-5-8-14-11;2*1-7(2,3,4,5)6;/h3-9H,1,10H2,2H3;;;/q;2*-1;+2. The third-order valence-electron chi connectivity index (χ3n) is 2.66. The second kappa shape index (κ2) is 7.82. The Morgan fingerprint density at radius 2 is 1.33 bits per heavy atom. The predicted molar refractivity (Wildman–Crippen MR) is 90.0 cm³/mol. The summed E-state index contributed by atoms with van der Waals surface area (Å²) < 4.78 is 118. The van der Waals surface area contributed by atoms with Crippen LogP contribution in [0.4, 0.5) is 50.4 Å². The molecule has 2 rings (SSSR count). The van der Waals surface area contributed by atoms with Gasteiger partial charge in [0, 0.05) is 24.2 Å². The Kier molecular flexibility index (Phi) is 8.11. The van der Waals surface area contributed by atoms with Crippen LogP contribution in [0.15, 0.2) is 54.3 Å². The minimum Gasteiger partial charge on any atom is 2.00 e. The number of halogens is 12. The molecule has 1 atom stereocenters. The van der Waals surface area contributed by atoms with Crippen molar-refractivity contribution in [2.75, 3.05) is 0 Å².